The molecular weight excluding hydrogens is 372 g/mol. The molecule has 0 radical (unpaired) electrons. The summed E-state index contributed by atoms with van der Waals surface area (Å²) in [6, 6.07) is 14.3. The minimum atomic E-state index is -0.363. The molecule has 0 aliphatic carbocycles. The monoisotopic (exact) mass is 396 g/mol. The number of carbonyl (C=O) groups excluding carboxylic acids is 2. The molecule has 29 heavy (non-hydrogen) atoms. The lowest BCUT2D eigenvalue weighted by atomic mass is 10.2. The summed E-state index contributed by atoms with van der Waals surface area (Å²) < 4.78 is 15.8. The van der Waals surface area contributed by atoms with Crippen LogP contribution in [0.2, 0.25) is 0 Å². The van der Waals surface area contributed by atoms with E-state index in [1.54, 1.807) is 48.4 Å². The van der Waals surface area contributed by atoms with Gasteiger partial charge in [-0.3, -0.25) is 9.79 Å². The maximum atomic E-state index is 12.1. The summed E-state index contributed by atoms with van der Waals surface area (Å²) >= 11 is 0. The number of nitrogens with zero attached hydrogens (tertiary/aromatic N) is 2. The highest BCUT2D eigenvalue weighted by Gasteiger charge is 2.17. The molecule has 1 saturated heterocycles. The van der Waals surface area contributed by atoms with Crippen molar-refractivity contribution in [3.8, 4) is 5.75 Å². The Morgan fingerprint density at radius 2 is 1.90 bits per heavy atom. The molecule has 152 valence electrons. The number of benzene rings is 2. The fourth-order valence-corrected chi connectivity index (χ4v) is 2.78. The van der Waals surface area contributed by atoms with Crippen molar-refractivity contribution in [2.24, 2.45) is 4.99 Å². The number of aliphatic imine (C=N–C) groups is 1. The number of ether oxygens (including phenoxy) is 3. The number of hydrogen-bond donors (Lipinski definition) is 0. The van der Waals surface area contributed by atoms with Gasteiger partial charge in [-0.05, 0) is 55.0 Å². The number of amides is 1. The molecule has 0 N–H and O–H groups in total. The van der Waals surface area contributed by atoms with Crippen LogP contribution in [-0.4, -0.2) is 62.5 Å². The highest BCUT2D eigenvalue weighted by Crippen LogP contribution is 2.16. The largest absolute Gasteiger partial charge is 0.484 e. The van der Waals surface area contributed by atoms with Crippen molar-refractivity contribution in [2.75, 3.05) is 39.5 Å². The fraction of sp³-hybridized carbons (Fsp3) is 0.318. The predicted octanol–water partition coefficient (Wildman–Crippen LogP) is 2.85. The van der Waals surface area contributed by atoms with Gasteiger partial charge in [0.05, 0.1) is 31.1 Å². The lowest BCUT2D eigenvalue weighted by molar-refractivity contribution is -0.137. The Kier molecular flexibility index (Phi) is 7.35. The third-order valence-electron chi connectivity index (χ3n) is 4.33. The zero-order valence-corrected chi connectivity index (χ0v) is 16.4. The Bertz CT molecular complexity index is 858. The van der Waals surface area contributed by atoms with E-state index in [0.717, 1.165) is 5.56 Å². The van der Waals surface area contributed by atoms with Crippen molar-refractivity contribution in [3.63, 3.8) is 0 Å². The summed E-state index contributed by atoms with van der Waals surface area (Å²) in [6.07, 6.45) is 1.70. The number of carbonyl (C=O) groups is 2. The Hall–Kier alpha value is -3.19. The minimum absolute atomic E-state index is 0.00802. The van der Waals surface area contributed by atoms with Gasteiger partial charge in [0.15, 0.2) is 6.61 Å². The van der Waals surface area contributed by atoms with Gasteiger partial charge in [0, 0.05) is 19.3 Å². The molecule has 2 aromatic carbocycles. The molecule has 0 saturated carbocycles. The summed E-state index contributed by atoms with van der Waals surface area (Å²) in [5.74, 6) is 0.214. The van der Waals surface area contributed by atoms with E-state index in [9.17, 15) is 9.59 Å². The van der Waals surface area contributed by atoms with Crippen LogP contribution in [0.5, 0.6) is 5.75 Å². The summed E-state index contributed by atoms with van der Waals surface area (Å²) in [4.78, 5) is 30.0. The van der Waals surface area contributed by atoms with E-state index in [0.29, 0.717) is 49.9 Å². The molecule has 0 bridgehead atoms. The number of morpholine rings is 1. The molecule has 0 unspecified atom stereocenters. The van der Waals surface area contributed by atoms with E-state index in [-0.39, 0.29) is 18.5 Å². The maximum absolute atomic E-state index is 12.1. The average Bonchev–Trinajstić information content (AvgIpc) is 2.77. The normalized spacial score (nSPS) is 14.0. The molecule has 3 rings (SSSR count). The quantitative estimate of drug-likeness (QED) is 0.531. The van der Waals surface area contributed by atoms with Crippen molar-refractivity contribution >= 4 is 23.8 Å². The summed E-state index contributed by atoms with van der Waals surface area (Å²) in [5, 5.41) is 0. The molecule has 1 aliphatic heterocycles. The van der Waals surface area contributed by atoms with Crippen LogP contribution in [-0.2, 0) is 14.3 Å². The first-order valence-corrected chi connectivity index (χ1v) is 9.55. The fourth-order valence-electron chi connectivity index (χ4n) is 2.78. The molecule has 0 spiro atoms. The molecule has 1 amide bonds. The number of rotatable bonds is 7. The minimum Gasteiger partial charge on any atom is -0.484 e. The van der Waals surface area contributed by atoms with Gasteiger partial charge in [-0.25, -0.2) is 4.79 Å². The third-order valence-corrected chi connectivity index (χ3v) is 4.33. The molecule has 1 heterocycles. The summed E-state index contributed by atoms with van der Waals surface area (Å²) in [5.41, 5.74) is 2.00. The van der Waals surface area contributed by atoms with E-state index in [4.69, 9.17) is 14.2 Å². The van der Waals surface area contributed by atoms with E-state index in [1.165, 1.54) is 0 Å². The van der Waals surface area contributed by atoms with Crippen molar-refractivity contribution < 1.29 is 23.8 Å². The number of esters is 1. The second-order valence-corrected chi connectivity index (χ2v) is 6.38. The van der Waals surface area contributed by atoms with E-state index in [1.807, 2.05) is 18.2 Å². The van der Waals surface area contributed by atoms with Crippen LogP contribution >= 0.6 is 0 Å². The number of hydrogen-bond acceptors (Lipinski definition) is 6. The Labute approximate surface area is 169 Å². The lowest BCUT2D eigenvalue weighted by Crippen LogP contribution is -2.42. The zero-order valence-electron chi connectivity index (χ0n) is 16.4. The van der Waals surface area contributed by atoms with E-state index >= 15 is 0 Å². The first-order valence-electron chi connectivity index (χ1n) is 9.55. The molecule has 0 atom stereocenters. The van der Waals surface area contributed by atoms with Gasteiger partial charge in [-0.2, -0.15) is 0 Å². The molecule has 1 aliphatic rings. The van der Waals surface area contributed by atoms with Crippen LogP contribution < -0.4 is 4.74 Å². The van der Waals surface area contributed by atoms with Crippen LogP contribution in [0.1, 0.15) is 22.8 Å². The van der Waals surface area contributed by atoms with Gasteiger partial charge < -0.3 is 19.1 Å². The Balaban J connectivity index is 1.54. The van der Waals surface area contributed by atoms with Crippen LogP contribution in [0, 0.1) is 0 Å². The van der Waals surface area contributed by atoms with Crippen LogP contribution in [0.3, 0.4) is 0 Å². The van der Waals surface area contributed by atoms with Gasteiger partial charge in [0.25, 0.3) is 5.91 Å². The van der Waals surface area contributed by atoms with Gasteiger partial charge in [0.2, 0.25) is 0 Å². The van der Waals surface area contributed by atoms with E-state index in [2.05, 4.69) is 4.99 Å². The van der Waals surface area contributed by atoms with Crippen molar-refractivity contribution in [1.82, 2.24) is 4.90 Å². The van der Waals surface area contributed by atoms with Gasteiger partial charge >= 0.3 is 5.97 Å². The summed E-state index contributed by atoms with van der Waals surface area (Å²) in [6.45, 7) is 4.47. The van der Waals surface area contributed by atoms with Crippen LogP contribution in [0.4, 0.5) is 5.69 Å². The first kappa shape index (κ1) is 20.5. The molecular formula is C22H24N2O5. The highest BCUT2D eigenvalue weighted by molar-refractivity contribution is 5.91. The molecule has 2 aromatic rings. The molecule has 0 aromatic heterocycles. The Morgan fingerprint density at radius 3 is 2.62 bits per heavy atom. The van der Waals surface area contributed by atoms with Gasteiger partial charge in [-0.15, -0.1) is 0 Å². The van der Waals surface area contributed by atoms with Crippen molar-refractivity contribution in [2.45, 2.75) is 6.92 Å². The zero-order chi connectivity index (χ0) is 20.5. The second-order valence-electron chi connectivity index (χ2n) is 6.38. The van der Waals surface area contributed by atoms with Crippen molar-refractivity contribution in [3.05, 3.63) is 59.7 Å². The van der Waals surface area contributed by atoms with Crippen LogP contribution in [0.25, 0.3) is 0 Å². The highest BCUT2D eigenvalue weighted by atomic mass is 16.5. The van der Waals surface area contributed by atoms with E-state index < -0.39 is 0 Å². The van der Waals surface area contributed by atoms with Gasteiger partial charge in [0.1, 0.15) is 5.75 Å². The lowest BCUT2D eigenvalue weighted by Gasteiger charge is -2.26. The first-order chi connectivity index (χ1) is 14.2. The third kappa shape index (κ3) is 6.15. The smallest absolute Gasteiger partial charge is 0.338 e. The van der Waals surface area contributed by atoms with Crippen LogP contribution in [0.15, 0.2) is 53.5 Å². The molecule has 1 fully saturated rings. The molecule has 7 heteroatoms. The van der Waals surface area contributed by atoms with Gasteiger partial charge in [-0.1, -0.05) is 6.07 Å². The standard InChI is InChI=1S/C22H24N2O5/c1-2-28-22(26)18-4-3-5-19(14-18)23-15-17-6-8-20(9-7-17)29-16-21(25)24-10-12-27-13-11-24/h3-9,14-15H,2,10-13,16H2,1H3. The SMILES string of the molecule is CCOC(=O)c1cccc(N=Cc2ccc(OCC(=O)N3CCOCC3)cc2)c1. The second kappa shape index (κ2) is 10.4. The Morgan fingerprint density at radius 1 is 1.14 bits per heavy atom. The maximum Gasteiger partial charge on any atom is 0.338 e. The van der Waals surface area contributed by atoms with Crippen molar-refractivity contribution in [1.29, 1.82) is 0 Å². The topological polar surface area (TPSA) is 77.4 Å². The summed E-state index contributed by atoms with van der Waals surface area (Å²) in [7, 11) is 0. The average molecular weight is 396 g/mol. The molecule has 7 nitrogen and oxygen atoms in total. The predicted molar refractivity (Wildman–Crippen MR) is 109 cm³/mol.